The average molecular weight is 373 g/mol. The fraction of sp³-hybridized carbons (Fsp3) is 0.421. The van der Waals surface area contributed by atoms with Gasteiger partial charge in [-0.2, -0.15) is 0 Å². The fourth-order valence-corrected chi connectivity index (χ4v) is 2.76. The molecule has 2 aromatic rings. The van der Waals surface area contributed by atoms with E-state index in [0.29, 0.717) is 24.5 Å². The van der Waals surface area contributed by atoms with Gasteiger partial charge >= 0.3 is 0 Å². The van der Waals surface area contributed by atoms with Gasteiger partial charge < -0.3 is 15.4 Å². The zero-order chi connectivity index (χ0) is 18.9. The van der Waals surface area contributed by atoms with Crippen molar-refractivity contribution in [2.45, 2.75) is 6.42 Å². The molecule has 0 radical (unpaired) electrons. The third-order valence-corrected chi connectivity index (χ3v) is 4.34. The molecule has 2 heterocycles. The van der Waals surface area contributed by atoms with Gasteiger partial charge in [-0.1, -0.05) is 12.1 Å². The Morgan fingerprint density at radius 1 is 1.11 bits per heavy atom. The average Bonchev–Trinajstić information content (AvgIpc) is 2.71. The molecule has 0 bridgehead atoms. The van der Waals surface area contributed by atoms with Gasteiger partial charge in [0.1, 0.15) is 5.82 Å². The zero-order valence-corrected chi connectivity index (χ0v) is 15.2. The van der Waals surface area contributed by atoms with E-state index in [2.05, 4.69) is 25.5 Å². The maximum Gasteiger partial charge on any atom is 0.254 e. The lowest BCUT2D eigenvalue weighted by Crippen LogP contribution is -2.39. The van der Waals surface area contributed by atoms with Gasteiger partial charge in [-0.3, -0.25) is 9.69 Å². The number of halogens is 1. The Hall–Kier alpha value is -2.58. The quantitative estimate of drug-likeness (QED) is 0.727. The molecule has 1 aromatic carbocycles. The molecule has 0 saturated carbocycles. The van der Waals surface area contributed by atoms with Crippen molar-refractivity contribution >= 4 is 11.9 Å². The number of hydrogen-bond donors (Lipinski definition) is 2. The zero-order valence-electron chi connectivity index (χ0n) is 15.2. The summed E-state index contributed by atoms with van der Waals surface area (Å²) in [6, 6.07) is 6.25. The van der Waals surface area contributed by atoms with Gasteiger partial charge in [0.15, 0.2) is 0 Å². The van der Waals surface area contributed by atoms with E-state index < -0.39 is 0 Å². The molecule has 1 saturated heterocycles. The van der Waals surface area contributed by atoms with Gasteiger partial charge in [-0.05, 0) is 24.1 Å². The highest BCUT2D eigenvalue weighted by Gasteiger charge is 2.10. The third-order valence-electron chi connectivity index (χ3n) is 4.34. The summed E-state index contributed by atoms with van der Waals surface area (Å²) < 4.78 is 18.2. The molecule has 0 aliphatic carbocycles. The molecule has 1 aromatic heterocycles. The summed E-state index contributed by atoms with van der Waals surface area (Å²) in [5.41, 5.74) is 1.38. The van der Waals surface area contributed by atoms with Gasteiger partial charge in [-0.15, -0.1) is 0 Å². The Morgan fingerprint density at radius 3 is 2.52 bits per heavy atom. The van der Waals surface area contributed by atoms with Crippen LogP contribution >= 0.6 is 0 Å². The summed E-state index contributed by atoms with van der Waals surface area (Å²) in [6.07, 6.45) is 3.66. The van der Waals surface area contributed by atoms with Crippen LogP contribution < -0.4 is 10.6 Å². The summed E-state index contributed by atoms with van der Waals surface area (Å²) in [4.78, 5) is 22.8. The number of anilines is 1. The highest BCUT2D eigenvalue weighted by atomic mass is 19.1. The van der Waals surface area contributed by atoms with Crippen molar-refractivity contribution in [1.82, 2.24) is 20.2 Å². The number of carbonyl (C=O) groups is 1. The van der Waals surface area contributed by atoms with Crippen LogP contribution in [-0.2, 0) is 11.2 Å². The molecule has 1 amide bonds. The van der Waals surface area contributed by atoms with Crippen molar-refractivity contribution in [3.63, 3.8) is 0 Å². The molecule has 1 aliphatic rings. The largest absolute Gasteiger partial charge is 0.379 e. The van der Waals surface area contributed by atoms with E-state index in [4.69, 9.17) is 4.74 Å². The van der Waals surface area contributed by atoms with Gasteiger partial charge in [-0.25, -0.2) is 14.4 Å². The van der Waals surface area contributed by atoms with Crippen LogP contribution in [0.25, 0.3) is 0 Å². The second-order valence-corrected chi connectivity index (χ2v) is 6.31. The molecule has 144 valence electrons. The van der Waals surface area contributed by atoms with Crippen molar-refractivity contribution in [2.24, 2.45) is 0 Å². The minimum Gasteiger partial charge on any atom is -0.379 e. The Balaban J connectivity index is 1.38. The predicted octanol–water partition coefficient (Wildman–Crippen LogP) is 1.33. The number of amides is 1. The highest BCUT2D eigenvalue weighted by molar-refractivity contribution is 5.93. The van der Waals surface area contributed by atoms with Crippen molar-refractivity contribution in [3.8, 4) is 0 Å². The summed E-state index contributed by atoms with van der Waals surface area (Å²) in [6.45, 7) is 5.55. The number of rotatable bonds is 8. The van der Waals surface area contributed by atoms with Crippen molar-refractivity contribution in [1.29, 1.82) is 0 Å². The summed E-state index contributed by atoms with van der Waals surface area (Å²) in [5.74, 6) is 0.0154. The lowest BCUT2D eigenvalue weighted by molar-refractivity contribution is 0.0398. The number of benzene rings is 1. The standard InChI is InChI=1S/C19H24FN5O2/c20-17-3-1-15(2-4-17)5-6-21-18(26)16-13-23-19(24-14-16)22-7-8-25-9-11-27-12-10-25/h1-4,13-14H,5-12H2,(H,21,26)(H,22,23,24). The van der Waals surface area contributed by atoms with Crippen LogP contribution in [0.5, 0.6) is 0 Å². The molecular weight excluding hydrogens is 349 g/mol. The van der Waals surface area contributed by atoms with Crippen molar-refractivity contribution in [3.05, 3.63) is 53.6 Å². The molecule has 1 aliphatic heterocycles. The monoisotopic (exact) mass is 373 g/mol. The number of nitrogens with one attached hydrogen (secondary N) is 2. The second kappa shape index (κ2) is 9.94. The molecule has 2 N–H and O–H groups in total. The van der Waals surface area contributed by atoms with Crippen molar-refractivity contribution < 1.29 is 13.9 Å². The number of morpholine rings is 1. The molecule has 0 spiro atoms. The van der Waals surface area contributed by atoms with Crippen molar-refractivity contribution in [2.75, 3.05) is 51.3 Å². The van der Waals surface area contributed by atoms with Gasteiger partial charge in [0, 0.05) is 45.1 Å². The summed E-state index contributed by atoms with van der Waals surface area (Å²) in [5, 5.41) is 5.98. The molecule has 0 atom stereocenters. The summed E-state index contributed by atoms with van der Waals surface area (Å²) in [7, 11) is 0. The Bertz CT molecular complexity index is 718. The SMILES string of the molecule is O=C(NCCc1ccc(F)cc1)c1cnc(NCCN2CCOCC2)nc1. The maximum atomic E-state index is 12.9. The van der Waals surface area contributed by atoms with E-state index in [-0.39, 0.29) is 11.7 Å². The van der Waals surface area contributed by atoms with E-state index in [1.165, 1.54) is 24.5 Å². The van der Waals surface area contributed by atoms with Crippen LogP contribution in [0, 0.1) is 5.82 Å². The fourth-order valence-electron chi connectivity index (χ4n) is 2.76. The van der Waals surface area contributed by atoms with Gasteiger partial charge in [0.05, 0.1) is 18.8 Å². The Labute approximate surface area is 158 Å². The number of aromatic nitrogens is 2. The molecule has 27 heavy (non-hydrogen) atoms. The first kappa shape index (κ1) is 19.2. The van der Waals surface area contributed by atoms with Crippen LogP contribution in [0.3, 0.4) is 0 Å². The van der Waals surface area contributed by atoms with Gasteiger partial charge in [0.25, 0.3) is 5.91 Å². The number of hydrogen-bond acceptors (Lipinski definition) is 6. The molecular formula is C19H24FN5O2. The van der Waals surface area contributed by atoms with Crippen LogP contribution in [0.4, 0.5) is 10.3 Å². The highest BCUT2D eigenvalue weighted by Crippen LogP contribution is 2.04. The lowest BCUT2D eigenvalue weighted by Gasteiger charge is -2.26. The van der Waals surface area contributed by atoms with E-state index >= 15 is 0 Å². The van der Waals surface area contributed by atoms with Crippen LogP contribution in [0.15, 0.2) is 36.7 Å². The number of nitrogens with zero attached hydrogens (tertiary/aromatic N) is 3. The molecule has 3 rings (SSSR count). The molecule has 0 unspecified atom stereocenters. The van der Waals surface area contributed by atoms with Gasteiger partial charge in [0.2, 0.25) is 5.95 Å². The van der Waals surface area contributed by atoms with E-state index in [9.17, 15) is 9.18 Å². The normalized spacial score (nSPS) is 14.7. The summed E-state index contributed by atoms with van der Waals surface area (Å²) >= 11 is 0. The van der Waals surface area contributed by atoms with Crippen LogP contribution in [0.1, 0.15) is 15.9 Å². The topological polar surface area (TPSA) is 79.4 Å². The molecule has 8 heteroatoms. The third kappa shape index (κ3) is 6.26. The lowest BCUT2D eigenvalue weighted by atomic mass is 10.1. The Kier molecular flexibility index (Phi) is 7.06. The number of ether oxygens (including phenoxy) is 1. The number of carbonyl (C=O) groups excluding carboxylic acids is 1. The van der Waals surface area contributed by atoms with E-state index in [0.717, 1.165) is 45.0 Å². The predicted molar refractivity (Wildman–Crippen MR) is 100 cm³/mol. The second-order valence-electron chi connectivity index (χ2n) is 6.31. The molecule has 7 nitrogen and oxygen atoms in total. The first-order valence-electron chi connectivity index (χ1n) is 9.09. The minimum atomic E-state index is -0.265. The molecule has 1 fully saturated rings. The first-order valence-corrected chi connectivity index (χ1v) is 9.09. The Morgan fingerprint density at radius 2 is 1.81 bits per heavy atom. The van der Waals surface area contributed by atoms with Crippen LogP contribution in [-0.4, -0.2) is 66.7 Å². The van der Waals surface area contributed by atoms with Crippen LogP contribution in [0.2, 0.25) is 0 Å². The minimum absolute atomic E-state index is 0.225. The smallest absolute Gasteiger partial charge is 0.254 e. The van der Waals surface area contributed by atoms with E-state index in [1.54, 1.807) is 12.1 Å². The first-order chi connectivity index (χ1) is 13.2. The maximum absolute atomic E-state index is 12.9. The van der Waals surface area contributed by atoms with E-state index in [1.807, 2.05) is 0 Å².